The number of hydrogen-bond acceptors (Lipinski definition) is 6. The molecule has 3 aromatic rings. The van der Waals surface area contributed by atoms with Crippen LogP contribution >= 0.6 is 0 Å². The van der Waals surface area contributed by atoms with Crippen LogP contribution in [0.3, 0.4) is 0 Å². The van der Waals surface area contributed by atoms with Crippen molar-refractivity contribution in [3.63, 3.8) is 0 Å². The monoisotopic (exact) mass is 497 g/mol. The van der Waals surface area contributed by atoms with Gasteiger partial charge in [0.05, 0.1) is 18.9 Å². The largest absolute Gasteiger partial charge is 0.494 e. The van der Waals surface area contributed by atoms with Gasteiger partial charge in [-0.25, -0.2) is 17.5 Å². The molecule has 10 heteroatoms. The van der Waals surface area contributed by atoms with Crippen molar-refractivity contribution in [2.24, 2.45) is 12.0 Å². The van der Waals surface area contributed by atoms with E-state index in [0.29, 0.717) is 27.8 Å². The minimum atomic E-state index is -3.55. The van der Waals surface area contributed by atoms with E-state index in [4.69, 9.17) is 4.74 Å². The number of carbonyl (C=O) groups excluding carboxylic acids is 1. The molecule has 2 heterocycles. The average molecular weight is 498 g/mol. The summed E-state index contributed by atoms with van der Waals surface area (Å²) in [6, 6.07) is 9.72. The maximum Gasteiger partial charge on any atom is 0.250 e. The van der Waals surface area contributed by atoms with E-state index in [1.165, 1.54) is 36.9 Å². The van der Waals surface area contributed by atoms with Crippen LogP contribution in [0.25, 0.3) is 11.1 Å². The van der Waals surface area contributed by atoms with Crippen LogP contribution in [0, 0.1) is 5.82 Å². The number of aromatic nitrogens is 1. The van der Waals surface area contributed by atoms with Gasteiger partial charge in [0.2, 0.25) is 15.8 Å². The van der Waals surface area contributed by atoms with E-state index in [-0.39, 0.29) is 28.3 Å². The number of nitrogens with zero attached hydrogens (tertiary/aromatic N) is 2. The van der Waals surface area contributed by atoms with Gasteiger partial charge in [-0.05, 0) is 54.9 Å². The number of fused-ring (bicyclic) bond motifs is 3. The fourth-order valence-corrected chi connectivity index (χ4v) is 4.83. The summed E-state index contributed by atoms with van der Waals surface area (Å²) in [5.41, 5.74) is 2.91. The molecule has 0 unspecified atom stereocenters. The molecule has 0 saturated carbocycles. The van der Waals surface area contributed by atoms with Gasteiger partial charge in [0.1, 0.15) is 5.71 Å². The van der Waals surface area contributed by atoms with Crippen LogP contribution in [-0.2, 0) is 22.8 Å². The molecule has 8 nitrogen and oxygen atoms in total. The number of aryl methyl sites for hydroxylation is 1. The van der Waals surface area contributed by atoms with Crippen LogP contribution in [0.2, 0.25) is 0 Å². The summed E-state index contributed by atoms with van der Waals surface area (Å²) >= 11 is 0. The first-order valence-electron chi connectivity index (χ1n) is 10.8. The van der Waals surface area contributed by atoms with Crippen molar-refractivity contribution in [1.82, 2.24) is 9.29 Å². The molecular formula is C25H24FN3O5S. The van der Waals surface area contributed by atoms with Gasteiger partial charge < -0.3 is 9.30 Å². The molecule has 4 rings (SSSR count). The molecule has 2 aromatic carbocycles. The van der Waals surface area contributed by atoms with Gasteiger partial charge in [0, 0.05) is 36.0 Å². The van der Waals surface area contributed by atoms with Crippen molar-refractivity contribution < 1.29 is 22.3 Å². The highest BCUT2D eigenvalue weighted by Crippen LogP contribution is 2.37. The Morgan fingerprint density at radius 2 is 1.89 bits per heavy atom. The summed E-state index contributed by atoms with van der Waals surface area (Å²) in [6.07, 6.45) is 1.66. The van der Waals surface area contributed by atoms with Gasteiger partial charge in [-0.15, -0.1) is 0 Å². The first-order valence-corrected chi connectivity index (χ1v) is 12.4. The van der Waals surface area contributed by atoms with Crippen LogP contribution in [-0.4, -0.2) is 38.6 Å². The smallest absolute Gasteiger partial charge is 0.250 e. The molecule has 1 atom stereocenters. The maximum atomic E-state index is 14.0. The zero-order valence-corrected chi connectivity index (χ0v) is 20.4. The standard InChI is InChI=1S/C25H24FN3O5S/c1-14-18-11-23(30)29(3)12-20(18)19-9-15(13-35(32,33)27-2)5-7-17(19)24(28-14)25(31)16-6-8-21(26)22(10-16)34-4/h5-12,14,27H,13H2,1-4H3/t14-/m0/s1. The first-order chi connectivity index (χ1) is 16.5. The van der Waals surface area contributed by atoms with E-state index in [2.05, 4.69) is 9.71 Å². The Hall–Kier alpha value is -3.63. The number of Topliss-reactive ketones (excluding diaryl/α,β-unsaturated/α-hetero) is 1. The fraction of sp³-hybridized carbons (Fsp3) is 0.240. The molecule has 1 aromatic heterocycles. The number of halogens is 1. The van der Waals surface area contributed by atoms with Crippen molar-refractivity contribution in [2.45, 2.75) is 18.7 Å². The number of ketones is 1. The van der Waals surface area contributed by atoms with Gasteiger partial charge in [0.15, 0.2) is 11.6 Å². The Bertz CT molecular complexity index is 1540. The highest BCUT2D eigenvalue weighted by atomic mass is 32.2. The molecule has 0 saturated heterocycles. The normalized spacial score (nSPS) is 15.0. The van der Waals surface area contributed by atoms with E-state index in [0.717, 1.165) is 6.07 Å². The number of aliphatic imine (C=N–C) groups is 1. The lowest BCUT2D eigenvalue weighted by Gasteiger charge is -2.15. The van der Waals surface area contributed by atoms with Crippen LogP contribution in [0.4, 0.5) is 4.39 Å². The van der Waals surface area contributed by atoms with Gasteiger partial charge in [-0.1, -0.05) is 12.1 Å². The van der Waals surface area contributed by atoms with Crippen LogP contribution in [0.15, 0.2) is 58.4 Å². The molecule has 0 aliphatic carbocycles. The molecule has 0 radical (unpaired) electrons. The number of hydrogen-bond donors (Lipinski definition) is 1. The Morgan fingerprint density at radius 3 is 2.57 bits per heavy atom. The molecule has 182 valence electrons. The van der Waals surface area contributed by atoms with E-state index >= 15 is 0 Å². The molecule has 0 spiro atoms. The Balaban J connectivity index is 1.95. The second-order valence-corrected chi connectivity index (χ2v) is 10.2. The van der Waals surface area contributed by atoms with E-state index in [1.807, 2.05) is 0 Å². The Labute approximate surface area is 202 Å². The van der Waals surface area contributed by atoms with E-state index in [9.17, 15) is 22.4 Å². The first kappa shape index (κ1) is 24.5. The Kier molecular flexibility index (Phi) is 6.44. The number of pyridine rings is 1. The van der Waals surface area contributed by atoms with Crippen molar-refractivity contribution in [3.8, 4) is 16.9 Å². The quantitative estimate of drug-likeness (QED) is 0.527. The lowest BCUT2D eigenvalue weighted by Crippen LogP contribution is -2.21. The molecule has 0 fully saturated rings. The van der Waals surface area contributed by atoms with Crippen LogP contribution in [0.1, 0.15) is 40.0 Å². The predicted molar refractivity (Wildman–Crippen MR) is 131 cm³/mol. The summed E-state index contributed by atoms with van der Waals surface area (Å²) < 4.78 is 47.0. The summed E-state index contributed by atoms with van der Waals surface area (Å²) in [7, 11) is 0.718. The van der Waals surface area contributed by atoms with E-state index < -0.39 is 27.7 Å². The minimum Gasteiger partial charge on any atom is -0.494 e. The SMILES string of the molecule is CNS(=O)(=O)Cc1ccc2c(c1)-c1cn(C)c(=O)cc1[C@H](C)N=C2C(=O)c1ccc(F)c(OC)c1. The third-order valence-electron chi connectivity index (χ3n) is 5.96. The minimum absolute atomic E-state index is 0.0720. The maximum absolute atomic E-state index is 14.0. The molecular weight excluding hydrogens is 473 g/mol. The molecule has 35 heavy (non-hydrogen) atoms. The molecule has 1 aliphatic heterocycles. The lowest BCUT2D eigenvalue weighted by atomic mass is 9.91. The lowest BCUT2D eigenvalue weighted by molar-refractivity contribution is 0.106. The highest BCUT2D eigenvalue weighted by Gasteiger charge is 2.28. The average Bonchev–Trinajstić information content (AvgIpc) is 2.94. The van der Waals surface area contributed by atoms with Crippen LogP contribution in [0.5, 0.6) is 5.75 Å². The van der Waals surface area contributed by atoms with Crippen molar-refractivity contribution in [3.05, 3.63) is 87.1 Å². The molecule has 0 bridgehead atoms. The zero-order chi connectivity index (χ0) is 25.5. The molecule has 1 N–H and O–H groups in total. The Morgan fingerprint density at radius 1 is 1.14 bits per heavy atom. The number of ether oxygens (including phenoxy) is 1. The summed E-state index contributed by atoms with van der Waals surface area (Å²) in [5, 5.41) is 0. The van der Waals surface area contributed by atoms with Gasteiger partial charge in [-0.2, -0.15) is 0 Å². The third kappa shape index (κ3) is 4.67. The number of benzene rings is 2. The predicted octanol–water partition coefficient (Wildman–Crippen LogP) is 3.00. The number of methoxy groups -OCH3 is 1. The number of nitrogens with one attached hydrogen (secondary N) is 1. The number of carbonyl (C=O) groups is 1. The second kappa shape index (κ2) is 9.20. The molecule has 0 amide bonds. The molecule has 1 aliphatic rings. The van der Waals surface area contributed by atoms with Crippen molar-refractivity contribution in [1.29, 1.82) is 0 Å². The number of sulfonamides is 1. The summed E-state index contributed by atoms with van der Waals surface area (Å²) in [6.45, 7) is 1.77. The van der Waals surface area contributed by atoms with Gasteiger partial charge in [-0.3, -0.25) is 14.6 Å². The summed E-state index contributed by atoms with van der Waals surface area (Å²) in [4.78, 5) is 30.7. The van der Waals surface area contributed by atoms with Crippen molar-refractivity contribution in [2.75, 3.05) is 14.2 Å². The second-order valence-electron chi connectivity index (χ2n) is 8.27. The van der Waals surface area contributed by atoms with E-state index in [1.54, 1.807) is 38.4 Å². The zero-order valence-electron chi connectivity index (χ0n) is 19.6. The fourth-order valence-electron chi connectivity index (χ4n) is 4.07. The van der Waals surface area contributed by atoms with Crippen molar-refractivity contribution >= 4 is 21.5 Å². The topological polar surface area (TPSA) is 107 Å². The summed E-state index contributed by atoms with van der Waals surface area (Å²) in [5.74, 6) is -1.38. The highest BCUT2D eigenvalue weighted by molar-refractivity contribution is 7.88. The third-order valence-corrected chi connectivity index (χ3v) is 7.29. The van der Waals surface area contributed by atoms with Gasteiger partial charge in [0.25, 0.3) is 5.56 Å². The number of rotatable bonds is 6. The van der Waals surface area contributed by atoms with Gasteiger partial charge >= 0.3 is 0 Å². The van der Waals surface area contributed by atoms with Crippen LogP contribution < -0.4 is 15.0 Å².